The molecule has 5 heteroatoms. The molecule has 0 bridgehead atoms. The monoisotopic (exact) mass is 224 g/mol. The van der Waals surface area contributed by atoms with Crippen LogP contribution in [0.25, 0.3) is 0 Å². The van der Waals surface area contributed by atoms with Crippen LogP contribution >= 0.6 is 0 Å². The highest BCUT2D eigenvalue weighted by Gasteiger charge is 2.18. The fraction of sp³-hybridized carbons (Fsp3) is 0.545. The van der Waals surface area contributed by atoms with Gasteiger partial charge < -0.3 is 19.8 Å². The van der Waals surface area contributed by atoms with Gasteiger partial charge in [0.1, 0.15) is 11.5 Å². The molecule has 16 heavy (non-hydrogen) atoms. The Kier molecular flexibility index (Phi) is 3.58. The molecule has 1 atom stereocenters. The molecule has 0 spiro atoms. The molecular formula is C11H16N2O3. The first-order valence-corrected chi connectivity index (χ1v) is 5.40. The first kappa shape index (κ1) is 11.2. The van der Waals surface area contributed by atoms with Crippen LogP contribution in [0.2, 0.25) is 0 Å². The van der Waals surface area contributed by atoms with Crippen LogP contribution < -0.4 is 10.6 Å². The summed E-state index contributed by atoms with van der Waals surface area (Å²) in [6.07, 6.45) is 0. The van der Waals surface area contributed by atoms with Crippen molar-refractivity contribution in [1.29, 1.82) is 0 Å². The van der Waals surface area contributed by atoms with E-state index in [9.17, 15) is 4.79 Å². The number of rotatable bonds is 3. The number of ether oxygens (including phenoxy) is 1. The van der Waals surface area contributed by atoms with Gasteiger partial charge in [-0.3, -0.25) is 4.79 Å². The van der Waals surface area contributed by atoms with E-state index in [-0.39, 0.29) is 11.9 Å². The van der Waals surface area contributed by atoms with Gasteiger partial charge in [-0.1, -0.05) is 0 Å². The summed E-state index contributed by atoms with van der Waals surface area (Å²) in [6.45, 7) is 4.14. The molecule has 2 rings (SSSR count). The van der Waals surface area contributed by atoms with Crippen molar-refractivity contribution in [2.75, 3.05) is 19.8 Å². The molecule has 1 aromatic rings. The van der Waals surface area contributed by atoms with Crippen LogP contribution in [0.4, 0.5) is 0 Å². The number of hydrogen-bond acceptors (Lipinski definition) is 4. The standard InChI is InChI=1S/C11H16N2O3/c1-8(14)13-6-9-2-3-11(16-9)10-7-15-5-4-12-10/h2-3,10,12H,4-7H2,1H3,(H,13,14). The summed E-state index contributed by atoms with van der Waals surface area (Å²) in [4.78, 5) is 10.7. The van der Waals surface area contributed by atoms with E-state index in [1.54, 1.807) is 0 Å². The zero-order valence-corrected chi connectivity index (χ0v) is 9.29. The largest absolute Gasteiger partial charge is 0.462 e. The highest BCUT2D eigenvalue weighted by molar-refractivity contribution is 5.72. The SMILES string of the molecule is CC(=O)NCc1ccc(C2COCCN2)o1. The van der Waals surface area contributed by atoms with Gasteiger partial charge in [0.15, 0.2) is 0 Å². The van der Waals surface area contributed by atoms with E-state index in [4.69, 9.17) is 9.15 Å². The van der Waals surface area contributed by atoms with Gasteiger partial charge in [-0.25, -0.2) is 0 Å². The van der Waals surface area contributed by atoms with E-state index in [1.165, 1.54) is 6.92 Å². The third kappa shape index (κ3) is 2.84. The first-order chi connectivity index (χ1) is 7.75. The van der Waals surface area contributed by atoms with Crippen LogP contribution in [0.1, 0.15) is 24.5 Å². The quantitative estimate of drug-likeness (QED) is 0.788. The first-order valence-electron chi connectivity index (χ1n) is 5.40. The van der Waals surface area contributed by atoms with Crippen LogP contribution in [-0.2, 0) is 16.1 Å². The summed E-state index contributed by atoms with van der Waals surface area (Å²) >= 11 is 0. The number of hydrogen-bond donors (Lipinski definition) is 2. The predicted molar refractivity (Wildman–Crippen MR) is 57.8 cm³/mol. The molecule has 1 aliphatic rings. The molecule has 0 radical (unpaired) electrons. The minimum atomic E-state index is -0.0583. The minimum absolute atomic E-state index is 0.0583. The molecule has 2 N–H and O–H groups in total. The molecule has 2 heterocycles. The summed E-state index contributed by atoms with van der Waals surface area (Å²) in [5, 5.41) is 6.00. The Morgan fingerprint density at radius 1 is 1.62 bits per heavy atom. The van der Waals surface area contributed by atoms with Crippen molar-refractivity contribution in [3.05, 3.63) is 23.7 Å². The number of nitrogens with one attached hydrogen (secondary N) is 2. The smallest absolute Gasteiger partial charge is 0.217 e. The van der Waals surface area contributed by atoms with Crippen LogP contribution in [-0.4, -0.2) is 25.7 Å². The molecule has 1 aliphatic heterocycles. The van der Waals surface area contributed by atoms with Gasteiger partial charge in [0.2, 0.25) is 5.91 Å². The number of carbonyl (C=O) groups is 1. The average molecular weight is 224 g/mol. The second-order valence-electron chi connectivity index (χ2n) is 3.80. The number of amides is 1. The van der Waals surface area contributed by atoms with Crippen molar-refractivity contribution in [2.45, 2.75) is 19.5 Å². The number of furan rings is 1. The Labute approximate surface area is 94.1 Å². The van der Waals surface area contributed by atoms with Crippen LogP contribution in [0.15, 0.2) is 16.5 Å². The molecule has 0 aromatic carbocycles. The maximum absolute atomic E-state index is 10.7. The second kappa shape index (κ2) is 5.14. The van der Waals surface area contributed by atoms with Gasteiger partial charge in [0.25, 0.3) is 0 Å². The lowest BCUT2D eigenvalue weighted by molar-refractivity contribution is -0.119. The predicted octanol–water partition coefficient (Wildman–Crippen LogP) is 0.577. The lowest BCUT2D eigenvalue weighted by atomic mass is 10.2. The van der Waals surface area contributed by atoms with Crippen molar-refractivity contribution < 1.29 is 13.9 Å². The van der Waals surface area contributed by atoms with E-state index in [2.05, 4.69) is 10.6 Å². The molecule has 1 fully saturated rings. The zero-order valence-electron chi connectivity index (χ0n) is 9.29. The topological polar surface area (TPSA) is 63.5 Å². The average Bonchev–Trinajstić information content (AvgIpc) is 2.76. The second-order valence-corrected chi connectivity index (χ2v) is 3.80. The maximum atomic E-state index is 10.7. The summed E-state index contributed by atoms with van der Waals surface area (Å²) in [6, 6.07) is 3.92. The molecule has 0 saturated carbocycles. The molecule has 1 amide bonds. The Hall–Kier alpha value is -1.33. The normalized spacial score (nSPS) is 20.7. The number of carbonyl (C=O) groups excluding carboxylic acids is 1. The van der Waals surface area contributed by atoms with Gasteiger partial charge >= 0.3 is 0 Å². The van der Waals surface area contributed by atoms with Gasteiger partial charge in [-0.15, -0.1) is 0 Å². The third-order valence-electron chi connectivity index (χ3n) is 2.46. The number of morpholine rings is 1. The van der Waals surface area contributed by atoms with Crippen molar-refractivity contribution in [1.82, 2.24) is 10.6 Å². The fourth-order valence-corrected chi connectivity index (χ4v) is 1.64. The Balaban J connectivity index is 1.93. The molecule has 1 aromatic heterocycles. The fourth-order valence-electron chi connectivity index (χ4n) is 1.64. The van der Waals surface area contributed by atoms with Crippen LogP contribution in [0, 0.1) is 0 Å². The summed E-state index contributed by atoms with van der Waals surface area (Å²) in [5.41, 5.74) is 0. The minimum Gasteiger partial charge on any atom is -0.462 e. The zero-order chi connectivity index (χ0) is 11.4. The van der Waals surface area contributed by atoms with Gasteiger partial charge in [0, 0.05) is 13.5 Å². The Morgan fingerprint density at radius 2 is 2.50 bits per heavy atom. The van der Waals surface area contributed by atoms with Crippen molar-refractivity contribution in [3.8, 4) is 0 Å². The summed E-state index contributed by atoms with van der Waals surface area (Å²) < 4.78 is 11.0. The van der Waals surface area contributed by atoms with Crippen molar-refractivity contribution >= 4 is 5.91 Å². The molecule has 88 valence electrons. The van der Waals surface area contributed by atoms with Crippen LogP contribution in [0.5, 0.6) is 0 Å². The summed E-state index contributed by atoms with van der Waals surface area (Å²) in [7, 11) is 0. The third-order valence-corrected chi connectivity index (χ3v) is 2.46. The molecule has 1 saturated heterocycles. The van der Waals surface area contributed by atoms with E-state index >= 15 is 0 Å². The molecule has 5 nitrogen and oxygen atoms in total. The van der Waals surface area contributed by atoms with E-state index < -0.39 is 0 Å². The van der Waals surface area contributed by atoms with Gasteiger partial charge in [-0.2, -0.15) is 0 Å². The molecular weight excluding hydrogens is 208 g/mol. The highest BCUT2D eigenvalue weighted by Crippen LogP contribution is 2.18. The summed E-state index contributed by atoms with van der Waals surface area (Å²) in [5.74, 6) is 1.56. The van der Waals surface area contributed by atoms with Crippen molar-refractivity contribution in [2.24, 2.45) is 0 Å². The highest BCUT2D eigenvalue weighted by atomic mass is 16.5. The van der Waals surface area contributed by atoms with Crippen LogP contribution in [0.3, 0.4) is 0 Å². The lowest BCUT2D eigenvalue weighted by Crippen LogP contribution is -2.34. The van der Waals surface area contributed by atoms with E-state index in [1.807, 2.05) is 12.1 Å². The van der Waals surface area contributed by atoms with Gasteiger partial charge in [-0.05, 0) is 12.1 Å². The van der Waals surface area contributed by atoms with E-state index in [0.29, 0.717) is 13.2 Å². The van der Waals surface area contributed by atoms with Gasteiger partial charge in [0.05, 0.1) is 25.8 Å². The molecule has 1 unspecified atom stereocenters. The maximum Gasteiger partial charge on any atom is 0.217 e. The Bertz CT molecular complexity index is 356. The van der Waals surface area contributed by atoms with E-state index in [0.717, 1.165) is 24.7 Å². The lowest BCUT2D eigenvalue weighted by Gasteiger charge is -2.21. The van der Waals surface area contributed by atoms with Crippen molar-refractivity contribution in [3.63, 3.8) is 0 Å². The Morgan fingerprint density at radius 3 is 3.19 bits per heavy atom. The molecule has 0 aliphatic carbocycles.